The van der Waals surface area contributed by atoms with Gasteiger partial charge < -0.3 is 14.8 Å². The fourth-order valence-corrected chi connectivity index (χ4v) is 2.48. The van der Waals surface area contributed by atoms with Crippen LogP contribution in [0.2, 0.25) is 5.02 Å². The maximum Gasteiger partial charge on any atom is 0.344 e. The quantitative estimate of drug-likeness (QED) is 0.575. The van der Waals surface area contributed by atoms with Crippen LogP contribution in [-0.4, -0.2) is 30.4 Å². The van der Waals surface area contributed by atoms with Crippen molar-refractivity contribution in [3.05, 3.63) is 58.6 Å². The topological polar surface area (TPSA) is 81.7 Å². The lowest BCUT2D eigenvalue weighted by molar-refractivity contribution is -0.155. The van der Waals surface area contributed by atoms with Gasteiger partial charge in [-0.15, -0.1) is 0 Å². The first-order valence-electron chi connectivity index (χ1n) is 8.26. The Labute approximate surface area is 162 Å². The molecule has 0 spiro atoms. The van der Waals surface area contributed by atoms with E-state index in [9.17, 15) is 14.4 Å². The van der Waals surface area contributed by atoms with E-state index >= 15 is 0 Å². The molecule has 1 N–H and O–H groups in total. The Morgan fingerprint density at radius 3 is 2.56 bits per heavy atom. The van der Waals surface area contributed by atoms with Gasteiger partial charge in [0, 0.05) is 16.3 Å². The van der Waals surface area contributed by atoms with E-state index in [4.69, 9.17) is 21.1 Å². The summed E-state index contributed by atoms with van der Waals surface area (Å²) in [6.07, 6.45) is -1.02. The maximum absolute atomic E-state index is 12.2. The lowest BCUT2D eigenvalue weighted by atomic mass is 10.1. The van der Waals surface area contributed by atoms with Gasteiger partial charge in [-0.25, -0.2) is 4.79 Å². The second-order valence-corrected chi connectivity index (χ2v) is 6.39. The van der Waals surface area contributed by atoms with E-state index in [1.54, 1.807) is 49.4 Å². The first kappa shape index (κ1) is 20.5. The minimum Gasteiger partial charge on any atom is -0.482 e. The van der Waals surface area contributed by atoms with Crippen LogP contribution in [-0.2, 0) is 14.3 Å². The summed E-state index contributed by atoms with van der Waals surface area (Å²) in [6, 6.07) is 11.5. The van der Waals surface area contributed by atoms with Crippen LogP contribution in [0.4, 0.5) is 5.69 Å². The number of carbonyl (C=O) groups excluding carboxylic acids is 3. The molecule has 0 saturated heterocycles. The number of esters is 1. The van der Waals surface area contributed by atoms with Crippen molar-refractivity contribution in [2.75, 3.05) is 11.9 Å². The Morgan fingerprint density at radius 2 is 1.89 bits per heavy atom. The molecule has 0 radical (unpaired) electrons. The standard InChI is InChI=1S/C20H20ClNO5/c1-12-9-16(21)7-8-18(12)26-11-19(24)27-14(3)20(25)22-17-6-4-5-15(10-17)13(2)23/h4-10,14H,11H2,1-3H3,(H,22,25)/t14-/m0/s1. The van der Waals surface area contributed by atoms with Crippen LogP contribution >= 0.6 is 11.6 Å². The van der Waals surface area contributed by atoms with Gasteiger partial charge in [0.05, 0.1) is 0 Å². The van der Waals surface area contributed by atoms with E-state index in [-0.39, 0.29) is 12.4 Å². The van der Waals surface area contributed by atoms with Crippen molar-refractivity contribution in [1.29, 1.82) is 0 Å². The molecule has 0 aromatic heterocycles. The Kier molecular flexibility index (Phi) is 6.96. The second kappa shape index (κ2) is 9.19. The number of amides is 1. The average Bonchev–Trinajstić information content (AvgIpc) is 2.61. The van der Waals surface area contributed by atoms with Crippen molar-refractivity contribution < 1.29 is 23.9 Å². The number of carbonyl (C=O) groups is 3. The molecule has 6 nitrogen and oxygen atoms in total. The zero-order chi connectivity index (χ0) is 20.0. The van der Waals surface area contributed by atoms with Crippen LogP contribution in [0.3, 0.4) is 0 Å². The number of rotatable bonds is 7. The van der Waals surface area contributed by atoms with E-state index in [0.717, 1.165) is 5.56 Å². The largest absolute Gasteiger partial charge is 0.482 e. The fraction of sp³-hybridized carbons (Fsp3) is 0.250. The highest BCUT2D eigenvalue weighted by Gasteiger charge is 2.19. The number of Topliss-reactive ketones (excluding diaryl/α,β-unsaturated/α-hetero) is 1. The molecule has 0 heterocycles. The summed E-state index contributed by atoms with van der Waals surface area (Å²) in [5, 5.41) is 3.18. The molecule has 2 aromatic carbocycles. The number of hydrogen-bond donors (Lipinski definition) is 1. The summed E-state index contributed by atoms with van der Waals surface area (Å²) in [7, 11) is 0. The van der Waals surface area contributed by atoms with Gasteiger partial charge in [-0.05, 0) is 56.7 Å². The van der Waals surface area contributed by atoms with E-state index in [1.807, 2.05) is 0 Å². The summed E-state index contributed by atoms with van der Waals surface area (Å²) in [4.78, 5) is 35.5. The van der Waals surface area contributed by atoms with Crippen molar-refractivity contribution in [2.24, 2.45) is 0 Å². The SMILES string of the molecule is CC(=O)c1cccc(NC(=O)[C@H](C)OC(=O)COc2ccc(Cl)cc2C)c1. The molecule has 142 valence electrons. The summed E-state index contributed by atoms with van der Waals surface area (Å²) in [5.41, 5.74) is 1.71. The van der Waals surface area contributed by atoms with E-state index in [2.05, 4.69) is 5.32 Å². The fourth-order valence-electron chi connectivity index (χ4n) is 2.26. The van der Waals surface area contributed by atoms with Gasteiger partial charge in [0.25, 0.3) is 5.91 Å². The number of benzene rings is 2. The summed E-state index contributed by atoms with van der Waals surface area (Å²) in [6.45, 7) is 4.36. The Morgan fingerprint density at radius 1 is 1.15 bits per heavy atom. The molecule has 2 rings (SSSR count). The predicted octanol–water partition coefficient (Wildman–Crippen LogP) is 3.80. The van der Waals surface area contributed by atoms with E-state index in [0.29, 0.717) is 22.0 Å². The zero-order valence-corrected chi connectivity index (χ0v) is 16.0. The van der Waals surface area contributed by atoms with Crippen molar-refractivity contribution in [3.63, 3.8) is 0 Å². The van der Waals surface area contributed by atoms with Gasteiger partial charge in [-0.3, -0.25) is 9.59 Å². The molecule has 1 amide bonds. The van der Waals surface area contributed by atoms with Crippen LogP contribution in [0.15, 0.2) is 42.5 Å². The number of nitrogens with one attached hydrogen (secondary N) is 1. The van der Waals surface area contributed by atoms with Crippen LogP contribution in [0.5, 0.6) is 5.75 Å². The minimum absolute atomic E-state index is 0.111. The molecule has 7 heteroatoms. The van der Waals surface area contributed by atoms with Crippen molar-refractivity contribution in [1.82, 2.24) is 0 Å². The molecule has 0 aliphatic carbocycles. The Bertz CT molecular complexity index is 865. The van der Waals surface area contributed by atoms with Gasteiger partial charge in [0.2, 0.25) is 0 Å². The highest BCUT2D eigenvalue weighted by molar-refractivity contribution is 6.30. The summed E-state index contributed by atoms with van der Waals surface area (Å²) >= 11 is 5.87. The highest BCUT2D eigenvalue weighted by Crippen LogP contribution is 2.21. The normalized spacial score (nSPS) is 11.4. The third kappa shape index (κ3) is 6.11. The second-order valence-electron chi connectivity index (χ2n) is 5.96. The van der Waals surface area contributed by atoms with Crippen molar-refractivity contribution in [3.8, 4) is 5.75 Å². The van der Waals surface area contributed by atoms with Crippen molar-refractivity contribution >= 4 is 34.9 Å². The number of hydrogen-bond acceptors (Lipinski definition) is 5. The molecular formula is C20H20ClNO5. The van der Waals surface area contributed by atoms with Crippen LogP contribution < -0.4 is 10.1 Å². The third-order valence-corrected chi connectivity index (χ3v) is 3.93. The number of aryl methyl sites for hydroxylation is 1. The Balaban J connectivity index is 1.87. The first-order valence-corrected chi connectivity index (χ1v) is 8.64. The molecule has 2 aromatic rings. The van der Waals surface area contributed by atoms with Crippen molar-refractivity contribution in [2.45, 2.75) is 26.9 Å². The third-order valence-electron chi connectivity index (χ3n) is 3.70. The van der Waals surface area contributed by atoms with Gasteiger partial charge >= 0.3 is 5.97 Å². The van der Waals surface area contributed by atoms with Gasteiger partial charge in [-0.1, -0.05) is 23.7 Å². The van der Waals surface area contributed by atoms with Gasteiger partial charge in [-0.2, -0.15) is 0 Å². The molecule has 0 aliphatic heterocycles. The zero-order valence-electron chi connectivity index (χ0n) is 15.2. The molecule has 0 saturated carbocycles. The van der Waals surface area contributed by atoms with Gasteiger partial charge in [0.1, 0.15) is 5.75 Å². The highest BCUT2D eigenvalue weighted by atomic mass is 35.5. The molecule has 0 fully saturated rings. The summed E-state index contributed by atoms with van der Waals surface area (Å²) in [5.74, 6) is -0.786. The number of ether oxygens (including phenoxy) is 2. The molecular weight excluding hydrogens is 370 g/mol. The molecule has 0 bridgehead atoms. The molecule has 0 unspecified atom stereocenters. The average molecular weight is 390 g/mol. The first-order chi connectivity index (χ1) is 12.8. The Hall–Kier alpha value is -2.86. The molecule has 1 atom stereocenters. The lowest BCUT2D eigenvalue weighted by Gasteiger charge is -2.14. The maximum atomic E-state index is 12.2. The number of halogens is 1. The predicted molar refractivity (Wildman–Crippen MR) is 102 cm³/mol. The minimum atomic E-state index is -1.02. The van der Waals surface area contributed by atoms with E-state index in [1.165, 1.54) is 13.8 Å². The molecule has 0 aliphatic rings. The summed E-state index contributed by atoms with van der Waals surface area (Å²) < 4.78 is 10.5. The number of anilines is 1. The van der Waals surface area contributed by atoms with Crippen LogP contribution in [0.1, 0.15) is 29.8 Å². The van der Waals surface area contributed by atoms with Crippen LogP contribution in [0.25, 0.3) is 0 Å². The van der Waals surface area contributed by atoms with Crippen LogP contribution in [0, 0.1) is 6.92 Å². The number of ketones is 1. The lowest BCUT2D eigenvalue weighted by Crippen LogP contribution is -2.31. The smallest absolute Gasteiger partial charge is 0.344 e. The van der Waals surface area contributed by atoms with E-state index < -0.39 is 18.0 Å². The van der Waals surface area contributed by atoms with Gasteiger partial charge in [0.15, 0.2) is 18.5 Å². The molecule has 27 heavy (non-hydrogen) atoms. The monoisotopic (exact) mass is 389 g/mol.